The maximum Gasteiger partial charge on any atom is 0.313 e. The van der Waals surface area contributed by atoms with Gasteiger partial charge in [-0.1, -0.05) is 41.9 Å². The molecule has 0 N–H and O–H groups in total. The van der Waals surface area contributed by atoms with Gasteiger partial charge in [0.1, 0.15) is 11.5 Å². The van der Waals surface area contributed by atoms with E-state index < -0.39 is 0 Å². The molecule has 5 heteroatoms. The standard InChI is InChI=1S/C20H17BrO4/c1-11(2)20(23)25-16-8-7-15-18(22)17(24-19(15)12(16)3)10-13-5-4-6-14(21)9-13/h4-11H,1-3H3/b17-10-. The van der Waals surface area contributed by atoms with Gasteiger partial charge in [-0.3, -0.25) is 9.59 Å². The molecule has 0 aromatic heterocycles. The summed E-state index contributed by atoms with van der Waals surface area (Å²) in [6, 6.07) is 10.9. The molecule has 0 amide bonds. The van der Waals surface area contributed by atoms with Gasteiger partial charge in [-0.15, -0.1) is 0 Å². The van der Waals surface area contributed by atoms with Crippen LogP contribution in [0.4, 0.5) is 0 Å². The SMILES string of the molecule is Cc1c(OC(=O)C(C)C)ccc2c1O/C(=C\c1cccc(Br)c1)C2=O. The zero-order valence-corrected chi connectivity index (χ0v) is 15.7. The number of rotatable bonds is 3. The maximum atomic E-state index is 12.6. The van der Waals surface area contributed by atoms with Gasteiger partial charge in [0.2, 0.25) is 5.78 Å². The predicted octanol–water partition coefficient (Wildman–Crippen LogP) is 4.94. The zero-order chi connectivity index (χ0) is 18.1. The number of fused-ring (bicyclic) bond motifs is 1. The Bertz CT molecular complexity index is 897. The van der Waals surface area contributed by atoms with E-state index in [1.807, 2.05) is 24.3 Å². The molecule has 0 saturated carbocycles. The number of hydrogen-bond acceptors (Lipinski definition) is 4. The molecule has 25 heavy (non-hydrogen) atoms. The van der Waals surface area contributed by atoms with Gasteiger partial charge in [0.25, 0.3) is 0 Å². The molecular weight excluding hydrogens is 384 g/mol. The fourth-order valence-corrected chi connectivity index (χ4v) is 2.87. The second-order valence-corrected chi connectivity index (χ2v) is 7.05. The molecule has 1 aliphatic heterocycles. The lowest BCUT2D eigenvalue weighted by atomic mass is 10.1. The summed E-state index contributed by atoms with van der Waals surface area (Å²) in [6.07, 6.45) is 1.70. The normalized spacial score (nSPS) is 14.6. The molecule has 0 radical (unpaired) electrons. The van der Waals surface area contributed by atoms with E-state index in [-0.39, 0.29) is 23.4 Å². The van der Waals surface area contributed by atoms with Crippen molar-refractivity contribution in [2.75, 3.05) is 0 Å². The minimum absolute atomic E-state index is 0.181. The minimum atomic E-state index is -0.322. The third-order valence-electron chi connectivity index (χ3n) is 3.87. The Morgan fingerprint density at radius 3 is 2.68 bits per heavy atom. The number of Topliss-reactive ketones (excluding diaryl/α,β-unsaturated/α-hetero) is 1. The average Bonchev–Trinajstić information content (AvgIpc) is 2.87. The summed E-state index contributed by atoms with van der Waals surface area (Å²) in [4.78, 5) is 24.4. The Balaban J connectivity index is 1.93. The minimum Gasteiger partial charge on any atom is -0.452 e. The maximum absolute atomic E-state index is 12.6. The van der Waals surface area contributed by atoms with Crippen LogP contribution in [0.5, 0.6) is 11.5 Å². The molecule has 0 spiro atoms. The van der Waals surface area contributed by atoms with Crippen LogP contribution in [0.3, 0.4) is 0 Å². The highest BCUT2D eigenvalue weighted by atomic mass is 79.9. The van der Waals surface area contributed by atoms with Crippen LogP contribution in [0.1, 0.15) is 35.3 Å². The van der Waals surface area contributed by atoms with Crippen molar-refractivity contribution in [2.45, 2.75) is 20.8 Å². The number of halogens is 1. The molecule has 2 aromatic carbocycles. The van der Waals surface area contributed by atoms with E-state index in [1.165, 1.54) is 0 Å². The fraction of sp³-hybridized carbons (Fsp3) is 0.200. The molecule has 4 nitrogen and oxygen atoms in total. The van der Waals surface area contributed by atoms with Crippen LogP contribution in [-0.2, 0) is 4.79 Å². The first kappa shape index (κ1) is 17.4. The number of allylic oxidation sites excluding steroid dienone is 1. The van der Waals surface area contributed by atoms with E-state index in [0.717, 1.165) is 10.0 Å². The van der Waals surface area contributed by atoms with Crippen LogP contribution in [-0.4, -0.2) is 11.8 Å². The molecular formula is C20H17BrO4. The first-order valence-electron chi connectivity index (χ1n) is 7.92. The molecule has 0 fully saturated rings. The topological polar surface area (TPSA) is 52.6 Å². The molecule has 1 aliphatic rings. The van der Waals surface area contributed by atoms with Gasteiger partial charge in [-0.2, -0.15) is 0 Å². The van der Waals surface area contributed by atoms with Gasteiger partial charge in [0, 0.05) is 10.0 Å². The van der Waals surface area contributed by atoms with Crippen LogP contribution in [0, 0.1) is 12.8 Å². The first-order chi connectivity index (χ1) is 11.9. The lowest BCUT2D eigenvalue weighted by molar-refractivity contribution is -0.137. The van der Waals surface area contributed by atoms with Gasteiger partial charge in [0.15, 0.2) is 5.76 Å². The van der Waals surface area contributed by atoms with E-state index in [1.54, 1.807) is 39.0 Å². The van der Waals surface area contributed by atoms with E-state index >= 15 is 0 Å². The second kappa shape index (κ2) is 6.84. The van der Waals surface area contributed by atoms with Crippen LogP contribution < -0.4 is 9.47 Å². The Hall–Kier alpha value is -2.40. The van der Waals surface area contributed by atoms with Crippen molar-refractivity contribution < 1.29 is 19.1 Å². The van der Waals surface area contributed by atoms with Crippen molar-refractivity contribution in [3.05, 3.63) is 63.3 Å². The number of carbonyl (C=O) groups excluding carboxylic acids is 2. The molecule has 0 aliphatic carbocycles. The van der Waals surface area contributed by atoms with Crippen LogP contribution in [0.25, 0.3) is 6.08 Å². The number of esters is 1. The van der Waals surface area contributed by atoms with Gasteiger partial charge >= 0.3 is 5.97 Å². The van der Waals surface area contributed by atoms with Crippen LogP contribution in [0.2, 0.25) is 0 Å². The van der Waals surface area contributed by atoms with Gasteiger partial charge < -0.3 is 9.47 Å². The van der Waals surface area contributed by atoms with Gasteiger partial charge in [0.05, 0.1) is 11.5 Å². The summed E-state index contributed by atoms with van der Waals surface area (Å²) >= 11 is 3.41. The van der Waals surface area contributed by atoms with E-state index in [4.69, 9.17) is 9.47 Å². The van der Waals surface area contributed by atoms with E-state index in [2.05, 4.69) is 15.9 Å². The largest absolute Gasteiger partial charge is 0.452 e. The van der Waals surface area contributed by atoms with Crippen molar-refractivity contribution in [1.29, 1.82) is 0 Å². The molecule has 128 valence electrons. The van der Waals surface area contributed by atoms with E-state index in [9.17, 15) is 9.59 Å². The number of ketones is 1. The quantitative estimate of drug-likeness (QED) is 0.416. The predicted molar refractivity (Wildman–Crippen MR) is 98.7 cm³/mol. The third-order valence-corrected chi connectivity index (χ3v) is 4.36. The number of carbonyl (C=O) groups is 2. The molecule has 0 unspecified atom stereocenters. The highest BCUT2D eigenvalue weighted by molar-refractivity contribution is 9.10. The third kappa shape index (κ3) is 3.51. The van der Waals surface area contributed by atoms with Crippen molar-refractivity contribution in [3.8, 4) is 11.5 Å². The summed E-state index contributed by atoms with van der Waals surface area (Å²) in [6.45, 7) is 5.31. The smallest absolute Gasteiger partial charge is 0.313 e. The van der Waals surface area contributed by atoms with Crippen molar-refractivity contribution in [1.82, 2.24) is 0 Å². The zero-order valence-electron chi connectivity index (χ0n) is 14.1. The summed E-state index contributed by atoms with van der Waals surface area (Å²) in [5.41, 5.74) is 1.97. The Kier molecular flexibility index (Phi) is 4.77. The first-order valence-corrected chi connectivity index (χ1v) is 8.71. The highest BCUT2D eigenvalue weighted by Gasteiger charge is 2.30. The molecule has 0 atom stereocenters. The van der Waals surface area contributed by atoms with Crippen molar-refractivity contribution >= 4 is 33.8 Å². The number of hydrogen-bond donors (Lipinski definition) is 0. The van der Waals surface area contributed by atoms with E-state index in [0.29, 0.717) is 22.6 Å². The van der Waals surface area contributed by atoms with Crippen LogP contribution in [0.15, 0.2) is 46.6 Å². The van der Waals surface area contributed by atoms with Crippen molar-refractivity contribution in [3.63, 3.8) is 0 Å². The molecule has 0 saturated heterocycles. The summed E-state index contributed by atoms with van der Waals surface area (Å²) in [7, 11) is 0. The summed E-state index contributed by atoms with van der Waals surface area (Å²) < 4.78 is 12.1. The number of ether oxygens (including phenoxy) is 2. The lowest BCUT2D eigenvalue weighted by Gasteiger charge is -2.11. The molecule has 3 rings (SSSR count). The Morgan fingerprint density at radius 2 is 2.00 bits per heavy atom. The fourth-order valence-electron chi connectivity index (χ4n) is 2.45. The molecule has 0 bridgehead atoms. The Morgan fingerprint density at radius 1 is 1.24 bits per heavy atom. The summed E-state index contributed by atoms with van der Waals surface area (Å²) in [5.74, 6) is 0.372. The van der Waals surface area contributed by atoms with Crippen molar-refractivity contribution in [2.24, 2.45) is 5.92 Å². The second-order valence-electron chi connectivity index (χ2n) is 6.14. The lowest BCUT2D eigenvalue weighted by Crippen LogP contribution is -2.15. The molecule has 1 heterocycles. The van der Waals surface area contributed by atoms with Gasteiger partial charge in [-0.25, -0.2) is 0 Å². The average molecular weight is 401 g/mol. The van der Waals surface area contributed by atoms with Gasteiger partial charge in [-0.05, 0) is 42.8 Å². The van der Waals surface area contributed by atoms with Crippen LogP contribution >= 0.6 is 15.9 Å². The Labute approximate surface area is 154 Å². The number of benzene rings is 2. The molecule has 2 aromatic rings. The monoisotopic (exact) mass is 400 g/mol. The highest BCUT2D eigenvalue weighted by Crippen LogP contribution is 2.39. The summed E-state index contributed by atoms with van der Waals surface area (Å²) in [5, 5.41) is 0.